The standard InChI is InChI=1S/C21H15BrN2O3/c22-15-6-9-17(10-7-15)26-13-20(25)23-16-8-11-18-19(12-16)27-21(24-18)14-4-2-1-3-5-14/h1-12H,13H2,(H,23,25). The number of carbonyl (C=O) groups excluding carboxylic acids is 1. The van der Waals surface area contributed by atoms with E-state index in [1.54, 1.807) is 24.3 Å². The van der Waals surface area contributed by atoms with Gasteiger partial charge in [0.1, 0.15) is 11.3 Å². The molecular weight excluding hydrogens is 408 g/mol. The van der Waals surface area contributed by atoms with Crippen LogP contribution in [0.1, 0.15) is 0 Å². The molecule has 0 radical (unpaired) electrons. The Balaban J connectivity index is 1.44. The maximum Gasteiger partial charge on any atom is 0.262 e. The summed E-state index contributed by atoms with van der Waals surface area (Å²) < 4.78 is 12.2. The summed E-state index contributed by atoms with van der Waals surface area (Å²) in [5, 5.41) is 2.80. The first kappa shape index (κ1) is 17.3. The minimum Gasteiger partial charge on any atom is -0.484 e. The van der Waals surface area contributed by atoms with Crippen LogP contribution in [-0.4, -0.2) is 17.5 Å². The molecule has 0 aliphatic rings. The zero-order valence-electron chi connectivity index (χ0n) is 14.2. The molecule has 3 aromatic carbocycles. The van der Waals surface area contributed by atoms with Crippen LogP contribution < -0.4 is 10.1 Å². The van der Waals surface area contributed by atoms with Crippen molar-refractivity contribution in [1.82, 2.24) is 4.98 Å². The molecule has 1 heterocycles. The Morgan fingerprint density at radius 3 is 2.59 bits per heavy atom. The number of hydrogen-bond donors (Lipinski definition) is 1. The third kappa shape index (κ3) is 4.17. The molecule has 0 aliphatic carbocycles. The summed E-state index contributed by atoms with van der Waals surface area (Å²) in [6.07, 6.45) is 0. The number of nitrogens with one attached hydrogen (secondary N) is 1. The zero-order chi connectivity index (χ0) is 18.6. The second-order valence-electron chi connectivity index (χ2n) is 5.86. The van der Waals surface area contributed by atoms with Crippen molar-refractivity contribution in [2.45, 2.75) is 0 Å². The van der Waals surface area contributed by atoms with Crippen LogP contribution in [0.2, 0.25) is 0 Å². The van der Waals surface area contributed by atoms with E-state index in [0.29, 0.717) is 22.9 Å². The number of halogens is 1. The number of oxazole rings is 1. The molecule has 0 unspecified atom stereocenters. The number of fused-ring (bicyclic) bond motifs is 1. The van der Waals surface area contributed by atoms with Crippen molar-refractivity contribution in [1.29, 1.82) is 0 Å². The number of ether oxygens (including phenoxy) is 1. The van der Waals surface area contributed by atoms with Crippen molar-refractivity contribution in [2.24, 2.45) is 0 Å². The van der Waals surface area contributed by atoms with E-state index < -0.39 is 0 Å². The predicted molar refractivity (Wildman–Crippen MR) is 108 cm³/mol. The fraction of sp³-hybridized carbons (Fsp3) is 0.0476. The SMILES string of the molecule is O=C(COc1ccc(Br)cc1)Nc1ccc2nc(-c3ccccc3)oc2c1. The monoisotopic (exact) mass is 422 g/mol. The molecule has 4 aromatic rings. The number of benzene rings is 3. The van der Waals surface area contributed by atoms with Gasteiger partial charge in [0.25, 0.3) is 5.91 Å². The molecule has 5 nitrogen and oxygen atoms in total. The van der Waals surface area contributed by atoms with Crippen molar-refractivity contribution in [3.05, 3.63) is 77.3 Å². The van der Waals surface area contributed by atoms with Gasteiger partial charge in [0.05, 0.1) is 0 Å². The summed E-state index contributed by atoms with van der Waals surface area (Å²) in [5.74, 6) is 0.930. The van der Waals surface area contributed by atoms with Crippen LogP contribution in [0.25, 0.3) is 22.6 Å². The highest BCUT2D eigenvalue weighted by molar-refractivity contribution is 9.10. The molecule has 0 aliphatic heterocycles. The molecule has 0 saturated heterocycles. The Labute approximate surface area is 164 Å². The number of rotatable bonds is 5. The van der Waals surface area contributed by atoms with Crippen LogP contribution in [0.15, 0.2) is 81.7 Å². The molecule has 0 spiro atoms. The Morgan fingerprint density at radius 2 is 1.81 bits per heavy atom. The van der Waals surface area contributed by atoms with Gasteiger partial charge in [-0.25, -0.2) is 4.98 Å². The zero-order valence-corrected chi connectivity index (χ0v) is 15.8. The maximum absolute atomic E-state index is 12.1. The highest BCUT2D eigenvalue weighted by Gasteiger charge is 2.10. The highest BCUT2D eigenvalue weighted by Crippen LogP contribution is 2.26. The third-order valence-corrected chi connectivity index (χ3v) is 4.41. The molecule has 27 heavy (non-hydrogen) atoms. The molecule has 4 rings (SSSR count). The average molecular weight is 423 g/mol. The summed E-state index contributed by atoms with van der Waals surface area (Å²) in [6, 6.07) is 22.3. The van der Waals surface area contributed by atoms with Crippen molar-refractivity contribution in [2.75, 3.05) is 11.9 Å². The fourth-order valence-electron chi connectivity index (χ4n) is 2.58. The first-order valence-electron chi connectivity index (χ1n) is 8.32. The van der Waals surface area contributed by atoms with Crippen molar-refractivity contribution in [3.63, 3.8) is 0 Å². The van der Waals surface area contributed by atoms with E-state index in [1.165, 1.54) is 0 Å². The lowest BCUT2D eigenvalue weighted by molar-refractivity contribution is -0.118. The van der Waals surface area contributed by atoms with E-state index in [1.807, 2.05) is 48.5 Å². The Morgan fingerprint density at radius 1 is 1.04 bits per heavy atom. The number of anilines is 1. The predicted octanol–water partition coefficient (Wildman–Crippen LogP) is 5.27. The minimum absolute atomic E-state index is 0.0780. The second-order valence-corrected chi connectivity index (χ2v) is 6.77. The third-order valence-electron chi connectivity index (χ3n) is 3.88. The fourth-order valence-corrected chi connectivity index (χ4v) is 2.85. The summed E-state index contributed by atoms with van der Waals surface area (Å²) in [7, 11) is 0. The lowest BCUT2D eigenvalue weighted by Gasteiger charge is -2.07. The van der Waals surface area contributed by atoms with E-state index in [-0.39, 0.29) is 12.5 Å². The molecule has 1 aromatic heterocycles. The molecule has 0 saturated carbocycles. The normalized spacial score (nSPS) is 10.7. The minimum atomic E-state index is -0.250. The molecule has 6 heteroatoms. The van der Waals surface area contributed by atoms with Crippen molar-refractivity contribution in [3.8, 4) is 17.2 Å². The number of nitrogens with zero attached hydrogens (tertiary/aromatic N) is 1. The van der Waals surface area contributed by atoms with Crippen molar-refractivity contribution < 1.29 is 13.9 Å². The van der Waals surface area contributed by atoms with E-state index >= 15 is 0 Å². The molecule has 134 valence electrons. The number of aromatic nitrogens is 1. The topological polar surface area (TPSA) is 64.4 Å². The van der Waals surface area contributed by atoms with Crippen LogP contribution >= 0.6 is 15.9 Å². The summed E-state index contributed by atoms with van der Waals surface area (Å²) >= 11 is 3.36. The lowest BCUT2D eigenvalue weighted by Crippen LogP contribution is -2.20. The van der Waals surface area contributed by atoms with Crippen LogP contribution in [0.5, 0.6) is 5.75 Å². The largest absolute Gasteiger partial charge is 0.484 e. The summed E-state index contributed by atoms with van der Waals surface area (Å²) in [6.45, 7) is -0.0780. The van der Waals surface area contributed by atoms with Crippen LogP contribution in [0.3, 0.4) is 0 Å². The van der Waals surface area contributed by atoms with Gasteiger partial charge in [-0.3, -0.25) is 4.79 Å². The number of carbonyl (C=O) groups is 1. The smallest absolute Gasteiger partial charge is 0.262 e. The molecule has 1 N–H and O–H groups in total. The first-order valence-corrected chi connectivity index (χ1v) is 9.11. The number of amides is 1. The molecule has 1 amide bonds. The molecule has 0 atom stereocenters. The lowest BCUT2D eigenvalue weighted by atomic mass is 10.2. The van der Waals surface area contributed by atoms with E-state index in [4.69, 9.17) is 9.15 Å². The Hall–Kier alpha value is -3.12. The van der Waals surface area contributed by atoms with E-state index in [2.05, 4.69) is 26.2 Å². The second kappa shape index (κ2) is 7.63. The first-order chi connectivity index (χ1) is 13.2. The summed E-state index contributed by atoms with van der Waals surface area (Å²) in [5.41, 5.74) is 2.88. The quantitative estimate of drug-likeness (QED) is 0.475. The van der Waals surface area contributed by atoms with Gasteiger partial charge in [-0.1, -0.05) is 34.1 Å². The maximum atomic E-state index is 12.1. The molecular formula is C21H15BrN2O3. The van der Waals surface area contributed by atoms with Gasteiger partial charge in [0.2, 0.25) is 5.89 Å². The number of hydrogen-bond acceptors (Lipinski definition) is 4. The van der Waals surface area contributed by atoms with E-state index in [9.17, 15) is 4.79 Å². The van der Waals surface area contributed by atoms with Gasteiger partial charge in [-0.05, 0) is 48.5 Å². The van der Waals surface area contributed by atoms with Gasteiger partial charge in [-0.2, -0.15) is 0 Å². The van der Waals surface area contributed by atoms with Gasteiger partial charge in [-0.15, -0.1) is 0 Å². The van der Waals surface area contributed by atoms with E-state index in [0.717, 1.165) is 15.6 Å². The van der Waals surface area contributed by atoms with Crippen LogP contribution in [0.4, 0.5) is 5.69 Å². The van der Waals surface area contributed by atoms with Gasteiger partial charge in [0.15, 0.2) is 12.2 Å². The Kier molecular flexibility index (Phi) is 4.89. The van der Waals surface area contributed by atoms with Gasteiger partial charge in [0, 0.05) is 21.8 Å². The molecule has 0 fully saturated rings. The van der Waals surface area contributed by atoms with Crippen LogP contribution in [0, 0.1) is 0 Å². The van der Waals surface area contributed by atoms with Gasteiger partial charge >= 0.3 is 0 Å². The van der Waals surface area contributed by atoms with Gasteiger partial charge < -0.3 is 14.5 Å². The molecule has 0 bridgehead atoms. The average Bonchev–Trinajstić information content (AvgIpc) is 3.12. The van der Waals surface area contributed by atoms with Crippen molar-refractivity contribution >= 4 is 38.6 Å². The summed E-state index contributed by atoms with van der Waals surface area (Å²) in [4.78, 5) is 16.6. The van der Waals surface area contributed by atoms with Crippen LogP contribution in [-0.2, 0) is 4.79 Å². The Bertz CT molecular complexity index is 1080. The highest BCUT2D eigenvalue weighted by atomic mass is 79.9.